The summed E-state index contributed by atoms with van der Waals surface area (Å²) in [6, 6.07) is 6.50. The van der Waals surface area contributed by atoms with Gasteiger partial charge in [0.1, 0.15) is 0 Å². The molecule has 0 bridgehead atoms. The monoisotopic (exact) mass is 287 g/mol. The van der Waals surface area contributed by atoms with Gasteiger partial charge < -0.3 is 5.32 Å². The van der Waals surface area contributed by atoms with Crippen LogP contribution in [0.25, 0.3) is 0 Å². The van der Waals surface area contributed by atoms with Gasteiger partial charge in [-0.25, -0.2) is 0 Å². The molecular formula is C15H23Cl2N. The van der Waals surface area contributed by atoms with Crippen molar-refractivity contribution in [2.45, 2.75) is 46.1 Å². The average Bonchev–Trinajstić information content (AvgIpc) is 2.30. The number of hydrogen-bond acceptors (Lipinski definition) is 1. The lowest BCUT2D eigenvalue weighted by Gasteiger charge is -2.20. The summed E-state index contributed by atoms with van der Waals surface area (Å²) >= 11 is 11.9. The maximum absolute atomic E-state index is 6.03. The van der Waals surface area contributed by atoms with Crippen LogP contribution in [0.5, 0.6) is 0 Å². The highest BCUT2D eigenvalue weighted by atomic mass is 35.5. The predicted molar refractivity (Wildman–Crippen MR) is 81.7 cm³/mol. The fraction of sp³-hybridized carbons (Fsp3) is 0.600. The van der Waals surface area contributed by atoms with Gasteiger partial charge in [-0.1, -0.05) is 50.0 Å². The molecule has 0 aliphatic carbocycles. The lowest BCUT2D eigenvalue weighted by atomic mass is 9.97. The zero-order valence-corrected chi connectivity index (χ0v) is 13.0. The Labute approximate surface area is 121 Å². The highest BCUT2D eigenvalue weighted by Crippen LogP contribution is 2.23. The van der Waals surface area contributed by atoms with Crippen molar-refractivity contribution in [1.29, 1.82) is 0 Å². The minimum atomic E-state index is 0.587. The third-order valence-electron chi connectivity index (χ3n) is 3.01. The van der Waals surface area contributed by atoms with E-state index in [0.29, 0.717) is 16.1 Å². The fourth-order valence-corrected chi connectivity index (χ4v) is 2.52. The molecule has 0 heterocycles. The van der Waals surface area contributed by atoms with Crippen molar-refractivity contribution in [3.63, 3.8) is 0 Å². The highest BCUT2D eigenvalue weighted by Gasteiger charge is 2.10. The molecule has 3 heteroatoms. The first-order valence-electron chi connectivity index (χ1n) is 6.70. The van der Waals surface area contributed by atoms with Gasteiger partial charge >= 0.3 is 0 Å². The lowest BCUT2D eigenvalue weighted by Crippen LogP contribution is -2.30. The molecule has 0 fully saturated rings. The minimum Gasteiger partial charge on any atom is -0.314 e. The SMILES string of the molecule is CCNC(CCc1ccc(Cl)c(Cl)c1)CC(C)C. The first-order valence-corrected chi connectivity index (χ1v) is 7.45. The highest BCUT2D eigenvalue weighted by molar-refractivity contribution is 6.42. The molecule has 0 radical (unpaired) electrons. The molecule has 1 aromatic rings. The van der Waals surface area contributed by atoms with Crippen LogP contribution in [0.3, 0.4) is 0 Å². The van der Waals surface area contributed by atoms with Crippen molar-refractivity contribution in [2.75, 3.05) is 6.54 Å². The molecule has 0 amide bonds. The van der Waals surface area contributed by atoms with Crippen molar-refractivity contribution in [3.8, 4) is 0 Å². The van der Waals surface area contributed by atoms with Gasteiger partial charge in [0.2, 0.25) is 0 Å². The number of rotatable bonds is 7. The third-order valence-corrected chi connectivity index (χ3v) is 3.75. The Morgan fingerprint density at radius 3 is 2.44 bits per heavy atom. The van der Waals surface area contributed by atoms with Gasteiger partial charge in [-0.3, -0.25) is 0 Å². The molecule has 1 rings (SSSR count). The van der Waals surface area contributed by atoms with Crippen molar-refractivity contribution < 1.29 is 0 Å². The van der Waals surface area contributed by atoms with Crippen LogP contribution in [-0.2, 0) is 6.42 Å². The summed E-state index contributed by atoms with van der Waals surface area (Å²) in [6.07, 6.45) is 3.40. The summed E-state index contributed by atoms with van der Waals surface area (Å²) in [7, 11) is 0. The topological polar surface area (TPSA) is 12.0 Å². The maximum atomic E-state index is 6.03. The van der Waals surface area contributed by atoms with E-state index in [4.69, 9.17) is 23.2 Å². The molecule has 1 aromatic carbocycles. The molecule has 1 N–H and O–H groups in total. The van der Waals surface area contributed by atoms with Crippen LogP contribution >= 0.6 is 23.2 Å². The van der Waals surface area contributed by atoms with E-state index in [1.54, 1.807) is 0 Å². The van der Waals surface area contributed by atoms with Gasteiger partial charge in [0.15, 0.2) is 0 Å². The molecule has 1 nitrogen and oxygen atoms in total. The van der Waals surface area contributed by atoms with Gasteiger partial charge in [0.25, 0.3) is 0 Å². The molecule has 18 heavy (non-hydrogen) atoms. The first-order chi connectivity index (χ1) is 8.52. The van der Waals surface area contributed by atoms with E-state index in [0.717, 1.165) is 25.3 Å². The molecule has 0 aromatic heterocycles. The van der Waals surface area contributed by atoms with Crippen LogP contribution in [0.15, 0.2) is 18.2 Å². The fourth-order valence-electron chi connectivity index (χ4n) is 2.20. The Hall–Kier alpha value is -0.240. The van der Waals surface area contributed by atoms with Gasteiger partial charge in [-0.05, 0) is 49.4 Å². The number of benzene rings is 1. The zero-order valence-electron chi connectivity index (χ0n) is 11.5. The number of aryl methyl sites for hydroxylation is 1. The van der Waals surface area contributed by atoms with Crippen LogP contribution in [0, 0.1) is 5.92 Å². The smallest absolute Gasteiger partial charge is 0.0595 e. The predicted octanol–water partition coefficient (Wildman–Crippen LogP) is 4.95. The molecule has 102 valence electrons. The lowest BCUT2D eigenvalue weighted by molar-refractivity contribution is 0.405. The van der Waals surface area contributed by atoms with Gasteiger partial charge in [-0.15, -0.1) is 0 Å². The first kappa shape index (κ1) is 15.8. The van der Waals surface area contributed by atoms with Crippen LogP contribution in [0.1, 0.15) is 39.2 Å². The third kappa shape index (κ3) is 5.60. The van der Waals surface area contributed by atoms with Gasteiger partial charge in [0, 0.05) is 6.04 Å². The Bertz CT molecular complexity index is 364. The van der Waals surface area contributed by atoms with Crippen LogP contribution < -0.4 is 5.32 Å². The second-order valence-corrected chi connectivity index (χ2v) is 5.99. The van der Waals surface area contributed by atoms with Crippen LogP contribution in [0.4, 0.5) is 0 Å². The molecular weight excluding hydrogens is 265 g/mol. The molecule has 0 aliphatic rings. The molecule has 0 saturated heterocycles. The standard InChI is InChI=1S/C15H23Cl2N/c1-4-18-13(9-11(2)3)7-5-12-6-8-14(16)15(17)10-12/h6,8,10-11,13,18H,4-5,7,9H2,1-3H3. The van der Waals surface area contributed by atoms with Crippen molar-refractivity contribution in [1.82, 2.24) is 5.32 Å². The van der Waals surface area contributed by atoms with E-state index in [2.05, 4.69) is 32.2 Å². The van der Waals surface area contributed by atoms with Gasteiger partial charge in [-0.2, -0.15) is 0 Å². The van der Waals surface area contributed by atoms with Crippen LogP contribution in [0.2, 0.25) is 10.0 Å². The number of nitrogens with one attached hydrogen (secondary N) is 1. The van der Waals surface area contributed by atoms with E-state index < -0.39 is 0 Å². The summed E-state index contributed by atoms with van der Waals surface area (Å²) in [5.74, 6) is 0.725. The summed E-state index contributed by atoms with van der Waals surface area (Å²) in [5, 5.41) is 4.83. The van der Waals surface area contributed by atoms with E-state index in [9.17, 15) is 0 Å². The van der Waals surface area contributed by atoms with Crippen molar-refractivity contribution in [2.24, 2.45) is 5.92 Å². The minimum absolute atomic E-state index is 0.587. The molecule has 0 saturated carbocycles. The van der Waals surface area contributed by atoms with Crippen molar-refractivity contribution >= 4 is 23.2 Å². The molecule has 0 spiro atoms. The Morgan fingerprint density at radius 1 is 1.17 bits per heavy atom. The van der Waals surface area contributed by atoms with E-state index >= 15 is 0 Å². The Kier molecular flexibility index (Phi) is 7.06. The van der Waals surface area contributed by atoms with Crippen LogP contribution in [-0.4, -0.2) is 12.6 Å². The van der Waals surface area contributed by atoms with Crippen molar-refractivity contribution in [3.05, 3.63) is 33.8 Å². The van der Waals surface area contributed by atoms with E-state index in [1.807, 2.05) is 12.1 Å². The summed E-state index contributed by atoms with van der Waals surface area (Å²) < 4.78 is 0. The Morgan fingerprint density at radius 2 is 1.89 bits per heavy atom. The van der Waals surface area contributed by atoms with E-state index in [1.165, 1.54) is 12.0 Å². The van der Waals surface area contributed by atoms with Gasteiger partial charge in [0.05, 0.1) is 10.0 Å². The summed E-state index contributed by atoms with van der Waals surface area (Å²) in [4.78, 5) is 0. The zero-order chi connectivity index (χ0) is 13.5. The summed E-state index contributed by atoms with van der Waals surface area (Å²) in [5.41, 5.74) is 1.26. The second kappa shape index (κ2) is 8.04. The molecule has 1 unspecified atom stereocenters. The number of halogens is 2. The molecule has 1 atom stereocenters. The quantitative estimate of drug-likeness (QED) is 0.748. The normalized spacial score (nSPS) is 13.0. The average molecular weight is 288 g/mol. The second-order valence-electron chi connectivity index (χ2n) is 5.17. The molecule has 0 aliphatic heterocycles. The maximum Gasteiger partial charge on any atom is 0.0595 e. The largest absolute Gasteiger partial charge is 0.314 e. The van der Waals surface area contributed by atoms with E-state index in [-0.39, 0.29) is 0 Å². The Balaban J connectivity index is 2.52. The number of hydrogen-bond donors (Lipinski definition) is 1. The summed E-state index contributed by atoms with van der Waals surface area (Å²) in [6.45, 7) is 7.72.